The van der Waals surface area contributed by atoms with Gasteiger partial charge in [-0.2, -0.15) is 0 Å². The topological polar surface area (TPSA) is 20.3 Å². The molecule has 0 radical (unpaired) electrons. The predicted octanol–water partition coefficient (Wildman–Crippen LogP) is 3.15. The largest absolute Gasteiger partial charge is 0.338 e. The van der Waals surface area contributed by atoms with Crippen LogP contribution >= 0.6 is 38.5 Å². The normalized spacial score (nSPS) is 16.3. The van der Waals surface area contributed by atoms with Crippen LogP contribution in [0, 0.1) is 9.49 Å². The Morgan fingerprint density at radius 3 is 2.73 bits per heavy atom. The Morgan fingerprint density at radius 1 is 1.53 bits per heavy atom. The van der Waals surface area contributed by atoms with Crippen molar-refractivity contribution < 1.29 is 4.79 Å². The van der Waals surface area contributed by atoms with Crippen molar-refractivity contribution in [2.45, 2.75) is 6.92 Å². The first-order valence-electron chi connectivity index (χ1n) is 4.82. The van der Waals surface area contributed by atoms with Crippen LogP contribution in [0.25, 0.3) is 0 Å². The smallest absolute Gasteiger partial charge is 0.255 e. The molecule has 80 valence electrons. The number of rotatable bonds is 1. The molecule has 15 heavy (non-hydrogen) atoms. The molecule has 1 saturated heterocycles. The summed E-state index contributed by atoms with van der Waals surface area (Å²) in [4.78, 5) is 13.9. The molecule has 0 spiro atoms. The minimum Gasteiger partial charge on any atom is -0.338 e. The van der Waals surface area contributed by atoms with Crippen LogP contribution in [-0.4, -0.2) is 23.9 Å². The average molecular weight is 380 g/mol. The fraction of sp³-hybridized carbons (Fsp3) is 0.364. The molecule has 1 aliphatic rings. The number of hydrogen-bond donors (Lipinski definition) is 0. The van der Waals surface area contributed by atoms with E-state index in [2.05, 4.69) is 45.4 Å². The number of halogens is 2. The Morgan fingerprint density at radius 2 is 2.20 bits per heavy atom. The first kappa shape index (κ1) is 11.4. The zero-order valence-electron chi connectivity index (χ0n) is 8.34. The van der Waals surface area contributed by atoms with Crippen molar-refractivity contribution in [1.29, 1.82) is 0 Å². The molecule has 0 aromatic heterocycles. The van der Waals surface area contributed by atoms with Gasteiger partial charge < -0.3 is 4.90 Å². The van der Waals surface area contributed by atoms with E-state index in [1.807, 2.05) is 23.1 Å². The summed E-state index contributed by atoms with van der Waals surface area (Å²) in [7, 11) is 0. The lowest BCUT2D eigenvalue weighted by Gasteiger charge is -2.37. The summed E-state index contributed by atoms with van der Waals surface area (Å²) in [5, 5.41) is 0. The highest BCUT2D eigenvalue weighted by Crippen LogP contribution is 2.24. The zero-order chi connectivity index (χ0) is 11.0. The SMILES string of the molecule is CC1CN(C(=O)c2ccc(I)cc2Br)C1. The van der Waals surface area contributed by atoms with Gasteiger partial charge in [0.25, 0.3) is 5.91 Å². The molecule has 1 fully saturated rings. The van der Waals surface area contributed by atoms with Crippen LogP contribution in [0.2, 0.25) is 0 Å². The van der Waals surface area contributed by atoms with Gasteiger partial charge in [-0.25, -0.2) is 0 Å². The van der Waals surface area contributed by atoms with Gasteiger partial charge >= 0.3 is 0 Å². The minimum absolute atomic E-state index is 0.136. The molecule has 0 bridgehead atoms. The molecule has 1 aromatic carbocycles. The maximum atomic E-state index is 12.0. The van der Waals surface area contributed by atoms with Crippen LogP contribution in [0.5, 0.6) is 0 Å². The second kappa shape index (κ2) is 4.41. The summed E-state index contributed by atoms with van der Waals surface area (Å²) >= 11 is 5.67. The molecule has 1 amide bonds. The summed E-state index contributed by atoms with van der Waals surface area (Å²) in [5.41, 5.74) is 0.766. The highest BCUT2D eigenvalue weighted by atomic mass is 127. The highest BCUT2D eigenvalue weighted by Gasteiger charge is 2.28. The van der Waals surface area contributed by atoms with Crippen molar-refractivity contribution in [2.24, 2.45) is 5.92 Å². The first-order chi connectivity index (χ1) is 7.08. The molecule has 0 saturated carbocycles. The molecule has 1 aliphatic heterocycles. The van der Waals surface area contributed by atoms with Crippen molar-refractivity contribution in [2.75, 3.05) is 13.1 Å². The van der Waals surface area contributed by atoms with Crippen LogP contribution in [0.4, 0.5) is 0 Å². The van der Waals surface area contributed by atoms with Gasteiger partial charge in [0.15, 0.2) is 0 Å². The third-order valence-electron chi connectivity index (χ3n) is 2.51. The standard InChI is InChI=1S/C11H11BrINO/c1-7-5-14(6-7)11(15)9-3-2-8(13)4-10(9)12/h2-4,7H,5-6H2,1H3. The van der Waals surface area contributed by atoms with Gasteiger partial charge in [-0.1, -0.05) is 6.92 Å². The van der Waals surface area contributed by atoms with Crippen LogP contribution in [0.15, 0.2) is 22.7 Å². The lowest BCUT2D eigenvalue weighted by molar-refractivity contribution is 0.0529. The van der Waals surface area contributed by atoms with E-state index in [0.717, 1.165) is 26.7 Å². The quantitative estimate of drug-likeness (QED) is 0.686. The maximum absolute atomic E-state index is 12.0. The first-order valence-corrected chi connectivity index (χ1v) is 6.69. The van der Waals surface area contributed by atoms with E-state index in [0.29, 0.717) is 5.92 Å². The van der Waals surface area contributed by atoms with E-state index in [1.54, 1.807) is 0 Å². The molecule has 1 aromatic rings. The summed E-state index contributed by atoms with van der Waals surface area (Å²) in [6.07, 6.45) is 0. The number of carbonyl (C=O) groups is 1. The number of carbonyl (C=O) groups excluding carboxylic acids is 1. The van der Waals surface area contributed by atoms with Gasteiger partial charge in [0.1, 0.15) is 0 Å². The molecule has 0 N–H and O–H groups in total. The molecule has 2 nitrogen and oxygen atoms in total. The van der Waals surface area contributed by atoms with Crippen LogP contribution in [0.1, 0.15) is 17.3 Å². The summed E-state index contributed by atoms with van der Waals surface area (Å²) < 4.78 is 2.02. The Kier molecular flexibility index (Phi) is 3.35. The molecule has 0 atom stereocenters. The van der Waals surface area contributed by atoms with Crippen LogP contribution in [0.3, 0.4) is 0 Å². The fourth-order valence-electron chi connectivity index (χ4n) is 1.70. The molecule has 0 unspecified atom stereocenters. The van der Waals surface area contributed by atoms with E-state index in [-0.39, 0.29) is 5.91 Å². The predicted molar refractivity (Wildman–Crippen MR) is 71.9 cm³/mol. The number of nitrogens with zero attached hydrogens (tertiary/aromatic N) is 1. The number of benzene rings is 1. The van der Waals surface area contributed by atoms with E-state index in [1.165, 1.54) is 0 Å². The summed E-state index contributed by atoms with van der Waals surface area (Å²) in [5.74, 6) is 0.785. The summed E-state index contributed by atoms with van der Waals surface area (Å²) in [6, 6.07) is 5.82. The molecule has 4 heteroatoms. The number of likely N-dealkylation sites (tertiary alicyclic amines) is 1. The van der Waals surface area contributed by atoms with Crippen molar-refractivity contribution in [3.8, 4) is 0 Å². The molecular formula is C11H11BrINO. The Balaban J connectivity index is 2.19. The second-order valence-electron chi connectivity index (χ2n) is 3.94. The van der Waals surface area contributed by atoms with E-state index >= 15 is 0 Å². The van der Waals surface area contributed by atoms with Gasteiger partial charge in [-0.05, 0) is 62.6 Å². The van der Waals surface area contributed by atoms with E-state index in [4.69, 9.17) is 0 Å². The highest BCUT2D eigenvalue weighted by molar-refractivity contribution is 14.1. The molecule has 0 aliphatic carbocycles. The number of hydrogen-bond acceptors (Lipinski definition) is 1. The Hall–Kier alpha value is -0.100. The molecular weight excluding hydrogens is 369 g/mol. The van der Waals surface area contributed by atoms with Crippen molar-refractivity contribution >= 4 is 44.4 Å². The summed E-state index contributed by atoms with van der Waals surface area (Å²) in [6.45, 7) is 3.93. The van der Waals surface area contributed by atoms with Gasteiger partial charge in [-0.3, -0.25) is 4.79 Å². The van der Waals surface area contributed by atoms with Crippen molar-refractivity contribution in [3.05, 3.63) is 31.8 Å². The van der Waals surface area contributed by atoms with Gasteiger partial charge in [0.05, 0.1) is 5.56 Å². The van der Waals surface area contributed by atoms with Gasteiger partial charge in [0, 0.05) is 21.1 Å². The minimum atomic E-state index is 0.136. The lowest BCUT2D eigenvalue weighted by Crippen LogP contribution is -2.48. The zero-order valence-corrected chi connectivity index (χ0v) is 12.1. The molecule has 2 rings (SSSR count). The second-order valence-corrected chi connectivity index (χ2v) is 6.04. The van der Waals surface area contributed by atoms with E-state index < -0.39 is 0 Å². The van der Waals surface area contributed by atoms with Crippen LogP contribution in [-0.2, 0) is 0 Å². The van der Waals surface area contributed by atoms with Crippen molar-refractivity contribution in [3.63, 3.8) is 0 Å². The molecule has 1 heterocycles. The average Bonchev–Trinajstić information content (AvgIpc) is 2.12. The van der Waals surface area contributed by atoms with Crippen LogP contribution < -0.4 is 0 Å². The fourth-order valence-corrected chi connectivity index (χ4v) is 3.17. The Labute approximate surface area is 111 Å². The van der Waals surface area contributed by atoms with Gasteiger partial charge in [-0.15, -0.1) is 0 Å². The van der Waals surface area contributed by atoms with Crippen molar-refractivity contribution in [1.82, 2.24) is 4.90 Å². The van der Waals surface area contributed by atoms with Gasteiger partial charge in [0.2, 0.25) is 0 Å². The third kappa shape index (κ3) is 2.36. The van der Waals surface area contributed by atoms with E-state index in [9.17, 15) is 4.79 Å². The lowest BCUT2D eigenvalue weighted by atomic mass is 10.0. The maximum Gasteiger partial charge on any atom is 0.255 e. The third-order valence-corrected chi connectivity index (χ3v) is 3.84. The Bertz CT molecular complexity index is 402. The monoisotopic (exact) mass is 379 g/mol. The number of amides is 1.